The Morgan fingerprint density at radius 1 is 1.00 bits per heavy atom. The largest absolute Gasteiger partial charge is 0.497 e. The number of carbonyl (C=O) groups is 1. The average molecular weight is 370 g/mol. The van der Waals surface area contributed by atoms with Gasteiger partial charge in [0.25, 0.3) is 5.91 Å². The highest BCUT2D eigenvalue weighted by Crippen LogP contribution is 2.29. The van der Waals surface area contributed by atoms with E-state index in [2.05, 4.69) is 24.4 Å². The van der Waals surface area contributed by atoms with Crippen LogP contribution in [0, 0.1) is 6.92 Å². The molecule has 0 aliphatic rings. The molecule has 144 valence electrons. The van der Waals surface area contributed by atoms with Crippen molar-refractivity contribution in [2.45, 2.75) is 26.7 Å². The molecule has 6 heteroatoms. The Balaban J connectivity index is 2.20. The molecule has 0 aliphatic carbocycles. The first-order valence-corrected chi connectivity index (χ1v) is 8.64. The number of nitrogens with zero attached hydrogens (tertiary/aromatic N) is 1. The molecule has 27 heavy (non-hydrogen) atoms. The van der Waals surface area contributed by atoms with E-state index < -0.39 is 0 Å². The summed E-state index contributed by atoms with van der Waals surface area (Å²) < 4.78 is 15.8. The van der Waals surface area contributed by atoms with Gasteiger partial charge in [-0.2, -0.15) is 5.10 Å². The highest BCUT2D eigenvalue weighted by molar-refractivity contribution is 5.95. The van der Waals surface area contributed by atoms with Gasteiger partial charge in [0.1, 0.15) is 17.2 Å². The van der Waals surface area contributed by atoms with E-state index in [1.165, 1.54) is 14.2 Å². The van der Waals surface area contributed by atoms with Crippen LogP contribution in [-0.4, -0.2) is 33.5 Å². The number of nitrogens with one attached hydrogen (secondary N) is 1. The molecule has 0 saturated carbocycles. The maximum Gasteiger partial charge on any atom is 0.271 e. The maximum atomic E-state index is 12.4. The van der Waals surface area contributed by atoms with Crippen molar-refractivity contribution < 1.29 is 19.0 Å². The summed E-state index contributed by atoms with van der Waals surface area (Å²) in [5.41, 5.74) is 5.97. The highest BCUT2D eigenvalue weighted by atomic mass is 16.5. The van der Waals surface area contributed by atoms with Gasteiger partial charge in [-0.3, -0.25) is 4.79 Å². The van der Waals surface area contributed by atoms with Crippen LogP contribution < -0.4 is 19.6 Å². The lowest BCUT2D eigenvalue weighted by Gasteiger charge is -2.14. The van der Waals surface area contributed by atoms with Gasteiger partial charge in [-0.15, -0.1) is 0 Å². The second-order valence-corrected chi connectivity index (χ2v) is 6.41. The van der Waals surface area contributed by atoms with Crippen LogP contribution in [0.5, 0.6) is 17.2 Å². The van der Waals surface area contributed by atoms with Gasteiger partial charge in [0.05, 0.1) is 27.5 Å². The number of hydrogen-bond donors (Lipinski definition) is 1. The first kappa shape index (κ1) is 20.3. The van der Waals surface area contributed by atoms with Crippen LogP contribution in [0.3, 0.4) is 0 Å². The van der Waals surface area contributed by atoms with Crippen molar-refractivity contribution in [3.05, 3.63) is 52.6 Å². The SMILES string of the molecule is COc1cc(OC)cc(C(=O)NN=Cc2cc(C(C)C)c(OC)cc2C)c1. The number of methoxy groups -OCH3 is 3. The molecular weight excluding hydrogens is 344 g/mol. The number of hydrogen-bond acceptors (Lipinski definition) is 5. The van der Waals surface area contributed by atoms with Crippen molar-refractivity contribution in [2.75, 3.05) is 21.3 Å². The van der Waals surface area contributed by atoms with Crippen LogP contribution >= 0.6 is 0 Å². The van der Waals surface area contributed by atoms with Gasteiger partial charge in [-0.05, 0) is 53.8 Å². The van der Waals surface area contributed by atoms with E-state index in [4.69, 9.17) is 14.2 Å². The van der Waals surface area contributed by atoms with E-state index in [9.17, 15) is 4.79 Å². The second kappa shape index (κ2) is 9.07. The minimum atomic E-state index is -0.348. The van der Waals surface area contributed by atoms with E-state index >= 15 is 0 Å². The van der Waals surface area contributed by atoms with E-state index in [0.717, 1.165) is 22.4 Å². The predicted molar refractivity (Wildman–Crippen MR) is 106 cm³/mol. The molecule has 1 N–H and O–H groups in total. The molecule has 0 aliphatic heterocycles. The van der Waals surface area contributed by atoms with Gasteiger partial charge in [-0.25, -0.2) is 5.43 Å². The lowest BCUT2D eigenvalue weighted by molar-refractivity contribution is 0.0954. The Hall–Kier alpha value is -3.02. The fraction of sp³-hybridized carbons (Fsp3) is 0.333. The third-order valence-corrected chi connectivity index (χ3v) is 4.22. The van der Waals surface area contributed by atoms with E-state index in [1.807, 2.05) is 19.1 Å². The fourth-order valence-corrected chi connectivity index (χ4v) is 2.65. The third kappa shape index (κ3) is 5.00. The quantitative estimate of drug-likeness (QED) is 0.593. The summed E-state index contributed by atoms with van der Waals surface area (Å²) in [5, 5.41) is 4.10. The molecule has 1 amide bonds. The molecule has 0 unspecified atom stereocenters. The topological polar surface area (TPSA) is 69.2 Å². The zero-order valence-corrected chi connectivity index (χ0v) is 16.6. The Kier molecular flexibility index (Phi) is 6.82. The van der Waals surface area contributed by atoms with Crippen molar-refractivity contribution in [3.63, 3.8) is 0 Å². The molecule has 6 nitrogen and oxygen atoms in total. The normalized spacial score (nSPS) is 10.9. The van der Waals surface area contributed by atoms with Crippen LogP contribution in [-0.2, 0) is 0 Å². The smallest absolute Gasteiger partial charge is 0.271 e. The molecule has 0 saturated heterocycles. The molecular formula is C21H26N2O4. The minimum Gasteiger partial charge on any atom is -0.497 e. The molecule has 2 rings (SSSR count). The Labute approximate surface area is 160 Å². The van der Waals surface area contributed by atoms with Crippen LogP contribution in [0.15, 0.2) is 35.4 Å². The van der Waals surface area contributed by atoms with Crippen LogP contribution in [0.4, 0.5) is 0 Å². The second-order valence-electron chi connectivity index (χ2n) is 6.41. The summed E-state index contributed by atoms with van der Waals surface area (Å²) >= 11 is 0. The molecule has 0 atom stereocenters. The molecule has 0 bridgehead atoms. The van der Waals surface area contributed by atoms with Gasteiger partial charge >= 0.3 is 0 Å². The van der Waals surface area contributed by atoms with Gasteiger partial charge in [0, 0.05) is 11.6 Å². The predicted octanol–water partition coefficient (Wildman–Crippen LogP) is 3.91. The molecule has 0 heterocycles. The van der Waals surface area contributed by atoms with E-state index in [1.54, 1.807) is 31.5 Å². The third-order valence-electron chi connectivity index (χ3n) is 4.22. The Morgan fingerprint density at radius 3 is 2.15 bits per heavy atom. The van der Waals surface area contributed by atoms with Crippen LogP contribution in [0.25, 0.3) is 0 Å². The number of amides is 1. The molecule has 0 spiro atoms. The summed E-state index contributed by atoms with van der Waals surface area (Å²) in [6.45, 7) is 6.18. The van der Waals surface area contributed by atoms with Gasteiger partial charge in [0.2, 0.25) is 0 Å². The van der Waals surface area contributed by atoms with Crippen LogP contribution in [0.2, 0.25) is 0 Å². The number of rotatable bonds is 7. The average Bonchev–Trinajstić information content (AvgIpc) is 2.67. The monoisotopic (exact) mass is 370 g/mol. The summed E-state index contributed by atoms with van der Waals surface area (Å²) in [6.07, 6.45) is 1.63. The summed E-state index contributed by atoms with van der Waals surface area (Å²) in [6, 6.07) is 8.97. The highest BCUT2D eigenvalue weighted by Gasteiger charge is 2.11. The van der Waals surface area contributed by atoms with Crippen molar-refractivity contribution in [2.24, 2.45) is 5.10 Å². The fourth-order valence-electron chi connectivity index (χ4n) is 2.65. The summed E-state index contributed by atoms with van der Waals surface area (Å²) in [4.78, 5) is 12.4. The van der Waals surface area contributed by atoms with Crippen molar-refractivity contribution in [3.8, 4) is 17.2 Å². The molecule has 0 radical (unpaired) electrons. The van der Waals surface area contributed by atoms with E-state index in [0.29, 0.717) is 23.0 Å². The zero-order chi connectivity index (χ0) is 20.0. The first-order valence-electron chi connectivity index (χ1n) is 8.64. The van der Waals surface area contributed by atoms with Gasteiger partial charge in [0.15, 0.2) is 0 Å². The number of carbonyl (C=O) groups excluding carboxylic acids is 1. The van der Waals surface area contributed by atoms with Gasteiger partial charge in [-0.1, -0.05) is 13.8 Å². The lowest BCUT2D eigenvalue weighted by atomic mass is 9.97. The summed E-state index contributed by atoms with van der Waals surface area (Å²) in [7, 11) is 4.73. The lowest BCUT2D eigenvalue weighted by Crippen LogP contribution is -2.18. The van der Waals surface area contributed by atoms with Crippen molar-refractivity contribution in [1.82, 2.24) is 5.43 Å². The zero-order valence-electron chi connectivity index (χ0n) is 16.6. The molecule has 2 aromatic carbocycles. The van der Waals surface area contributed by atoms with E-state index in [-0.39, 0.29) is 5.91 Å². The van der Waals surface area contributed by atoms with Gasteiger partial charge < -0.3 is 14.2 Å². The number of ether oxygens (including phenoxy) is 3. The Bertz CT molecular complexity index is 822. The summed E-state index contributed by atoms with van der Waals surface area (Å²) in [5.74, 6) is 1.89. The first-order chi connectivity index (χ1) is 12.9. The molecule has 0 aromatic heterocycles. The van der Waals surface area contributed by atoms with Crippen molar-refractivity contribution in [1.29, 1.82) is 0 Å². The van der Waals surface area contributed by atoms with Crippen LogP contribution in [0.1, 0.15) is 46.8 Å². The maximum absolute atomic E-state index is 12.4. The molecule has 2 aromatic rings. The Morgan fingerprint density at radius 2 is 1.63 bits per heavy atom. The minimum absolute atomic E-state index is 0.312. The standard InChI is InChI=1S/C21H26N2O4/c1-13(2)19-10-16(14(3)7-20(19)27-6)12-22-23-21(24)15-8-17(25-4)11-18(9-15)26-5/h7-13H,1-6H3,(H,23,24). The number of benzene rings is 2. The number of hydrazone groups is 1. The van der Waals surface area contributed by atoms with Crippen molar-refractivity contribution >= 4 is 12.1 Å². The number of aryl methyl sites for hydroxylation is 1. The molecule has 0 fully saturated rings.